The molecule has 1 amide bonds. The molecule has 170 valence electrons. The summed E-state index contributed by atoms with van der Waals surface area (Å²) < 4.78 is 11.7. The molecule has 2 heterocycles. The van der Waals surface area contributed by atoms with Crippen molar-refractivity contribution in [1.82, 2.24) is 10.3 Å². The SMILES string of the molecule is N#Cc1cccc([C@H](CC(=O)NC[C@@H]2COc3ccccc3O2)c2c[nH]c3ccccc23)c1Cl. The highest BCUT2D eigenvalue weighted by Crippen LogP contribution is 2.38. The average molecular weight is 472 g/mol. The molecule has 7 heteroatoms. The van der Waals surface area contributed by atoms with Crippen LogP contribution in [0.3, 0.4) is 0 Å². The maximum absolute atomic E-state index is 13.1. The lowest BCUT2D eigenvalue weighted by Gasteiger charge is -2.27. The van der Waals surface area contributed by atoms with E-state index < -0.39 is 0 Å². The Morgan fingerprint density at radius 1 is 1.09 bits per heavy atom. The Bertz CT molecular complexity index is 1390. The molecule has 0 fully saturated rings. The summed E-state index contributed by atoms with van der Waals surface area (Å²) >= 11 is 6.60. The minimum Gasteiger partial charge on any atom is -0.486 e. The molecular formula is C27H22ClN3O3. The lowest BCUT2D eigenvalue weighted by molar-refractivity contribution is -0.121. The monoisotopic (exact) mass is 471 g/mol. The summed E-state index contributed by atoms with van der Waals surface area (Å²) in [5.74, 6) is 0.902. The normalized spacial score (nSPS) is 15.5. The second kappa shape index (κ2) is 9.50. The van der Waals surface area contributed by atoms with Gasteiger partial charge in [-0.05, 0) is 35.4 Å². The van der Waals surface area contributed by atoms with Gasteiger partial charge in [-0.1, -0.05) is 54.1 Å². The number of para-hydroxylation sites is 3. The Kier molecular flexibility index (Phi) is 6.11. The maximum Gasteiger partial charge on any atom is 0.221 e. The van der Waals surface area contributed by atoms with Crippen molar-refractivity contribution >= 4 is 28.4 Å². The molecule has 4 aromatic rings. The van der Waals surface area contributed by atoms with E-state index in [-0.39, 0.29) is 24.3 Å². The van der Waals surface area contributed by atoms with Crippen molar-refractivity contribution in [2.45, 2.75) is 18.4 Å². The van der Waals surface area contributed by atoms with Gasteiger partial charge in [-0.25, -0.2) is 0 Å². The highest BCUT2D eigenvalue weighted by Gasteiger charge is 2.26. The van der Waals surface area contributed by atoms with Crippen LogP contribution in [0.2, 0.25) is 5.02 Å². The van der Waals surface area contributed by atoms with E-state index in [0.717, 1.165) is 22.0 Å². The molecule has 34 heavy (non-hydrogen) atoms. The van der Waals surface area contributed by atoms with Gasteiger partial charge in [0.2, 0.25) is 5.91 Å². The summed E-state index contributed by atoms with van der Waals surface area (Å²) in [6.45, 7) is 0.680. The number of hydrogen-bond donors (Lipinski definition) is 2. The van der Waals surface area contributed by atoms with E-state index in [1.54, 1.807) is 12.1 Å². The van der Waals surface area contributed by atoms with Crippen molar-refractivity contribution in [3.63, 3.8) is 0 Å². The van der Waals surface area contributed by atoms with Crippen molar-refractivity contribution in [3.05, 3.63) is 94.6 Å². The molecule has 0 bridgehead atoms. The number of carbonyl (C=O) groups excluding carboxylic acids is 1. The van der Waals surface area contributed by atoms with Crippen molar-refractivity contribution in [3.8, 4) is 17.6 Å². The molecule has 0 saturated heterocycles. The quantitative estimate of drug-likeness (QED) is 0.406. The zero-order valence-electron chi connectivity index (χ0n) is 18.3. The van der Waals surface area contributed by atoms with Crippen LogP contribution in [0.5, 0.6) is 11.5 Å². The van der Waals surface area contributed by atoms with Gasteiger partial charge in [0, 0.05) is 29.4 Å². The Morgan fingerprint density at radius 3 is 2.74 bits per heavy atom. The Balaban J connectivity index is 1.37. The zero-order chi connectivity index (χ0) is 23.5. The fraction of sp³-hybridized carbons (Fsp3) is 0.185. The van der Waals surface area contributed by atoms with Crippen LogP contribution in [0.4, 0.5) is 0 Å². The van der Waals surface area contributed by atoms with Crippen LogP contribution in [0.25, 0.3) is 10.9 Å². The van der Waals surface area contributed by atoms with Gasteiger partial charge >= 0.3 is 0 Å². The molecule has 1 aliphatic rings. The van der Waals surface area contributed by atoms with Gasteiger partial charge < -0.3 is 19.8 Å². The van der Waals surface area contributed by atoms with Gasteiger partial charge in [-0.3, -0.25) is 4.79 Å². The molecule has 2 atom stereocenters. The number of nitriles is 1. The van der Waals surface area contributed by atoms with E-state index in [4.69, 9.17) is 21.1 Å². The highest BCUT2D eigenvalue weighted by molar-refractivity contribution is 6.32. The first-order chi connectivity index (χ1) is 16.6. The first-order valence-corrected chi connectivity index (χ1v) is 11.4. The van der Waals surface area contributed by atoms with Gasteiger partial charge in [-0.2, -0.15) is 5.26 Å². The van der Waals surface area contributed by atoms with Crippen molar-refractivity contribution in [2.75, 3.05) is 13.2 Å². The van der Waals surface area contributed by atoms with Crippen molar-refractivity contribution in [1.29, 1.82) is 5.26 Å². The van der Waals surface area contributed by atoms with Crippen LogP contribution in [0, 0.1) is 11.3 Å². The van der Waals surface area contributed by atoms with Crippen molar-refractivity contribution < 1.29 is 14.3 Å². The number of rotatable bonds is 6. The number of halogens is 1. The van der Waals surface area contributed by atoms with Gasteiger partial charge in [0.25, 0.3) is 0 Å². The van der Waals surface area contributed by atoms with E-state index >= 15 is 0 Å². The lowest BCUT2D eigenvalue weighted by Crippen LogP contribution is -2.41. The van der Waals surface area contributed by atoms with Crippen LogP contribution >= 0.6 is 11.6 Å². The Morgan fingerprint density at radius 2 is 1.88 bits per heavy atom. The third-order valence-corrected chi connectivity index (χ3v) is 6.43. The third kappa shape index (κ3) is 4.30. The molecular weight excluding hydrogens is 450 g/mol. The second-order valence-corrected chi connectivity index (χ2v) is 8.55. The average Bonchev–Trinajstić information content (AvgIpc) is 3.30. The van der Waals surface area contributed by atoms with Crippen molar-refractivity contribution in [2.24, 2.45) is 0 Å². The van der Waals surface area contributed by atoms with E-state index in [1.165, 1.54) is 0 Å². The zero-order valence-corrected chi connectivity index (χ0v) is 19.0. The summed E-state index contributed by atoms with van der Waals surface area (Å²) in [5, 5.41) is 13.8. The number of amides is 1. The number of aromatic nitrogens is 1. The topological polar surface area (TPSA) is 87.1 Å². The van der Waals surface area contributed by atoms with Gasteiger partial charge in [-0.15, -0.1) is 0 Å². The van der Waals surface area contributed by atoms with Gasteiger partial charge in [0.05, 0.1) is 17.1 Å². The first kappa shape index (κ1) is 21.9. The van der Waals surface area contributed by atoms with E-state index in [9.17, 15) is 10.1 Å². The fourth-order valence-electron chi connectivity index (χ4n) is 4.32. The second-order valence-electron chi connectivity index (χ2n) is 8.17. The van der Waals surface area contributed by atoms with E-state index in [1.807, 2.05) is 60.8 Å². The van der Waals surface area contributed by atoms with E-state index in [0.29, 0.717) is 35.2 Å². The van der Waals surface area contributed by atoms with Crippen LogP contribution in [0.1, 0.15) is 29.0 Å². The number of benzene rings is 3. The molecule has 2 N–H and O–H groups in total. The number of H-pyrrole nitrogens is 1. The Labute approximate surface area is 202 Å². The molecule has 0 radical (unpaired) electrons. The maximum atomic E-state index is 13.1. The minimum absolute atomic E-state index is 0.142. The molecule has 1 aliphatic heterocycles. The van der Waals surface area contributed by atoms with Gasteiger partial charge in [0.15, 0.2) is 11.5 Å². The molecule has 0 spiro atoms. The number of nitrogens with one attached hydrogen (secondary N) is 2. The summed E-state index contributed by atoms with van der Waals surface area (Å²) in [4.78, 5) is 16.4. The van der Waals surface area contributed by atoms with Crippen LogP contribution in [-0.2, 0) is 4.79 Å². The molecule has 0 saturated carbocycles. The van der Waals surface area contributed by atoms with Crippen LogP contribution in [0.15, 0.2) is 72.9 Å². The molecule has 3 aromatic carbocycles. The predicted molar refractivity (Wildman–Crippen MR) is 130 cm³/mol. The molecule has 5 rings (SSSR count). The van der Waals surface area contributed by atoms with Gasteiger partial charge in [0.1, 0.15) is 18.8 Å². The standard InChI is InChI=1S/C27H22ClN3O3/c28-27-17(13-29)6-5-8-20(27)21(22-15-30-23-9-2-1-7-19(22)23)12-26(32)31-14-18-16-33-24-10-3-4-11-25(24)34-18/h1-11,15,18,21,30H,12,14,16H2,(H,31,32)/t18-,21+/m1/s1. The predicted octanol–water partition coefficient (Wildman–Crippen LogP) is 5.17. The minimum atomic E-state index is -0.332. The summed E-state index contributed by atoms with van der Waals surface area (Å²) in [5.41, 5.74) is 3.05. The number of aromatic amines is 1. The first-order valence-electron chi connectivity index (χ1n) is 11.0. The number of ether oxygens (including phenoxy) is 2. The number of fused-ring (bicyclic) bond motifs is 2. The molecule has 1 aromatic heterocycles. The number of hydrogen-bond acceptors (Lipinski definition) is 4. The summed E-state index contributed by atoms with van der Waals surface area (Å²) in [7, 11) is 0. The lowest BCUT2D eigenvalue weighted by atomic mass is 9.87. The number of nitrogens with zero attached hydrogens (tertiary/aromatic N) is 1. The number of carbonyl (C=O) groups is 1. The highest BCUT2D eigenvalue weighted by atomic mass is 35.5. The summed E-state index contributed by atoms with van der Waals surface area (Å²) in [6.07, 6.45) is 1.80. The van der Waals surface area contributed by atoms with Crippen LogP contribution < -0.4 is 14.8 Å². The van der Waals surface area contributed by atoms with Crippen LogP contribution in [-0.4, -0.2) is 30.1 Å². The summed E-state index contributed by atoms with van der Waals surface area (Å²) in [6, 6.07) is 22.9. The third-order valence-electron chi connectivity index (χ3n) is 6.01. The molecule has 6 nitrogen and oxygen atoms in total. The largest absolute Gasteiger partial charge is 0.486 e. The fourth-order valence-corrected chi connectivity index (χ4v) is 4.62. The molecule has 0 unspecified atom stereocenters. The molecule has 0 aliphatic carbocycles. The van der Waals surface area contributed by atoms with E-state index in [2.05, 4.69) is 16.4 Å². The Hall–Kier alpha value is -3.95. The smallest absolute Gasteiger partial charge is 0.221 e.